The smallest absolute Gasteiger partial charge is 0.462 e. The normalized spacial score (nSPS) is 13.9. The number of hydrogen-bond donors (Lipinski definition) is 2. The Morgan fingerprint density at radius 1 is 0.372 bits per heavy atom. The molecule has 450 valence electrons. The van der Waals surface area contributed by atoms with Crippen LogP contribution >= 0.6 is 7.82 Å². The summed E-state index contributed by atoms with van der Waals surface area (Å²) in [5, 5.41) is 9.81. The molecule has 0 heterocycles. The fourth-order valence-corrected chi connectivity index (χ4v) is 9.30. The van der Waals surface area contributed by atoms with Crippen LogP contribution in [0.25, 0.3) is 0 Å². The first-order valence-electron chi connectivity index (χ1n) is 31.5. The fraction of sp³-hybridized carbons (Fsp3) is 0.742. The van der Waals surface area contributed by atoms with Gasteiger partial charge in [0, 0.05) is 19.3 Å². The lowest BCUT2D eigenvalue weighted by Crippen LogP contribution is -2.30. The number of ether oxygens (including phenoxy) is 3. The van der Waals surface area contributed by atoms with E-state index in [-0.39, 0.29) is 25.9 Å². The summed E-state index contributed by atoms with van der Waals surface area (Å²) in [6.07, 6.45) is 69.8. The predicted octanol–water partition coefficient (Wildman–Crippen LogP) is 19.0. The molecule has 0 radical (unpaired) electrons. The molecule has 3 atom stereocenters. The molecule has 0 aromatic heterocycles. The van der Waals surface area contributed by atoms with Crippen molar-refractivity contribution in [3.8, 4) is 0 Å². The number of carbonyl (C=O) groups is 3. The maximum atomic E-state index is 13.0. The van der Waals surface area contributed by atoms with Gasteiger partial charge in [-0.1, -0.05) is 241 Å². The lowest BCUT2D eigenvalue weighted by atomic mass is 10.1. The number of rotatable bonds is 58. The number of phosphoric acid groups is 1. The van der Waals surface area contributed by atoms with Gasteiger partial charge in [-0.3, -0.25) is 23.4 Å². The van der Waals surface area contributed by atoms with Crippen molar-refractivity contribution in [1.29, 1.82) is 0 Å². The first-order chi connectivity index (χ1) is 38.2. The van der Waals surface area contributed by atoms with Gasteiger partial charge in [-0.25, -0.2) is 4.57 Å². The van der Waals surface area contributed by atoms with Gasteiger partial charge in [0.2, 0.25) is 0 Å². The Morgan fingerprint density at radius 2 is 0.692 bits per heavy atom. The molecule has 0 fully saturated rings. The second-order valence-electron chi connectivity index (χ2n) is 20.8. The van der Waals surface area contributed by atoms with E-state index in [1.807, 2.05) is 12.2 Å². The average Bonchev–Trinajstić information content (AvgIpc) is 3.43. The first kappa shape index (κ1) is 74.7. The van der Waals surface area contributed by atoms with Crippen molar-refractivity contribution >= 4 is 25.7 Å². The average molecular weight is 1120 g/mol. The molecule has 3 unspecified atom stereocenters. The minimum atomic E-state index is -4.77. The van der Waals surface area contributed by atoms with Gasteiger partial charge in [-0.15, -0.1) is 0 Å². The van der Waals surface area contributed by atoms with E-state index in [9.17, 15) is 28.9 Å². The van der Waals surface area contributed by atoms with Crippen LogP contribution in [0.1, 0.15) is 278 Å². The topological polar surface area (TPSA) is 155 Å². The van der Waals surface area contributed by atoms with E-state index in [1.54, 1.807) is 0 Å². The molecular weight excluding hydrogens is 1000 g/mol. The van der Waals surface area contributed by atoms with Gasteiger partial charge >= 0.3 is 25.7 Å². The zero-order valence-corrected chi connectivity index (χ0v) is 50.8. The summed E-state index contributed by atoms with van der Waals surface area (Å²) in [7, 11) is -4.77. The standard InChI is InChI=1S/C66H115O11P/c1-4-7-10-13-16-19-22-25-27-29-31-33-35-38-40-43-46-49-52-55-64(68)73-59-63(77-66(70)57-54-51-48-45-42-39-36-34-32-30-28-26-23-20-17-14-11-8-5-2)61-75-78(71,72)74-60-62(58-67)76-65(69)56-53-50-47-44-41-37-24-21-18-15-12-9-6-3/h9,12,17-18,20-21,25-28,37,41,47,50,62-63,67H,4-8,10-11,13-16,19,22-24,29-36,38-40,42-46,48-49,51-61H2,1-3H3,(H,71,72)/b12-9-,20-17-,21-18-,27-25-,28-26-,41-37-,50-47-. The Hall–Kier alpha value is -3.34. The van der Waals surface area contributed by atoms with Gasteiger partial charge in [-0.05, 0) is 103 Å². The summed E-state index contributed by atoms with van der Waals surface area (Å²) >= 11 is 0. The van der Waals surface area contributed by atoms with Crippen molar-refractivity contribution in [2.75, 3.05) is 26.4 Å². The fourth-order valence-electron chi connectivity index (χ4n) is 8.51. The van der Waals surface area contributed by atoms with Crippen LogP contribution in [-0.2, 0) is 42.2 Å². The Morgan fingerprint density at radius 3 is 1.14 bits per heavy atom. The summed E-state index contributed by atoms with van der Waals surface area (Å²) in [6, 6.07) is 0. The highest BCUT2D eigenvalue weighted by molar-refractivity contribution is 7.47. The molecule has 2 N–H and O–H groups in total. The molecule has 78 heavy (non-hydrogen) atoms. The predicted molar refractivity (Wildman–Crippen MR) is 325 cm³/mol. The minimum Gasteiger partial charge on any atom is -0.462 e. The van der Waals surface area contributed by atoms with Gasteiger partial charge in [0.25, 0.3) is 0 Å². The molecular formula is C66H115O11P. The maximum Gasteiger partial charge on any atom is 0.472 e. The van der Waals surface area contributed by atoms with Crippen molar-refractivity contribution in [3.63, 3.8) is 0 Å². The molecule has 0 aromatic rings. The third-order valence-corrected chi connectivity index (χ3v) is 14.2. The van der Waals surface area contributed by atoms with Crippen molar-refractivity contribution < 1.29 is 52.2 Å². The number of esters is 3. The van der Waals surface area contributed by atoms with Gasteiger partial charge in [0.15, 0.2) is 6.10 Å². The van der Waals surface area contributed by atoms with Crippen LogP contribution in [0, 0.1) is 0 Å². The first-order valence-corrected chi connectivity index (χ1v) is 33.0. The van der Waals surface area contributed by atoms with Crippen molar-refractivity contribution in [2.45, 2.75) is 290 Å². The Kier molecular flexibility index (Phi) is 57.2. The highest BCUT2D eigenvalue weighted by Crippen LogP contribution is 2.43. The van der Waals surface area contributed by atoms with Gasteiger partial charge in [0.1, 0.15) is 12.7 Å². The van der Waals surface area contributed by atoms with E-state index in [0.717, 1.165) is 77.0 Å². The number of carbonyl (C=O) groups excluding carboxylic acids is 3. The molecule has 0 rings (SSSR count). The molecule has 0 spiro atoms. The SMILES string of the molecule is CC/C=C\C/C=C\C/C=C\C/C=C\CCC(=O)OC(CO)COP(=O)(O)OCC(COC(=O)CCCCCCCCCCC/C=C\CCCCCCCC)OC(=O)CCCCCCCCCCC/C=C\C/C=C\CCCCC. The summed E-state index contributed by atoms with van der Waals surface area (Å²) in [5.74, 6) is -1.55. The van der Waals surface area contributed by atoms with Crippen LogP contribution < -0.4 is 0 Å². The van der Waals surface area contributed by atoms with Crippen LogP contribution in [0.5, 0.6) is 0 Å². The van der Waals surface area contributed by atoms with Crippen molar-refractivity contribution in [3.05, 3.63) is 85.1 Å². The molecule has 0 aliphatic rings. The van der Waals surface area contributed by atoms with Crippen LogP contribution in [0.4, 0.5) is 0 Å². The van der Waals surface area contributed by atoms with E-state index in [1.165, 1.54) is 141 Å². The van der Waals surface area contributed by atoms with Gasteiger partial charge in [0.05, 0.1) is 19.8 Å². The largest absolute Gasteiger partial charge is 0.472 e. The quantitative estimate of drug-likeness (QED) is 0.0197. The molecule has 0 amide bonds. The molecule has 0 saturated heterocycles. The Balaban J connectivity index is 4.75. The summed E-state index contributed by atoms with van der Waals surface area (Å²) in [6.45, 7) is 4.44. The summed E-state index contributed by atoms with van der Waals surface area (Å²) < 4.78 is 39.6. The lowest BCUT2D eigenvalue weighted by molar-refractivity contribution is -0.161. The zero-order valence-electron chi connectivity index (χ0n) is 49.9. The third kappa shape index (κ3) is 57.3. The minimum absolute atomic E-state index is 0.0539. The van der Waals surface area contributed by atoms with Crippen molar-refractivity contribution in [1.82, 2.24) is 0 Å². The number of hydrogen-bond acceptors (Lipinski definition) is 10. The molecule has 0 aromatic carbocycles. The summed E-state index contributed by atoms with van der Waals surface area (Å²) in [5.41, 5.74) is 0. The highest BCUT2D eigenvalue weighted by atomic mass is 31.2. The number of unbranched alkanes of at least 4 members (excludes halogenated alkanes) is 27. The summed E-state index contributed by atoms with van der Waals surface area (Å²) in [4.78, 5) is 48.7. The number of aliphatic hydroxyl groups excluding tert-OH is 1. The van der Waals surface area contributed by atoms with Crippen LogP contribution in [0.3, 0.4) is 0 Å². The molecule has 11 nitrogen and oxygen atoms in total. The van der Waals surface area contributed by atoms with Gasteiger partial charge < -0.3 is 24.2 Å². The van der Waals surface area contributed by atoms with Crippen LogP contribution in [0.15, 0.2) is 85.1 Å². The molecule has 0 bridgehead atoms. The molecule has 0 aliphatic carbocycles. The zero-order chi connectivity index (χ0) is 56.9. The number of allylic oxidation sites excluding steroid dienone is 14. The number of aliphatic hydroxyl groups is 1. The van der Waals surface area contributed by atoms with Crippen molar-refractivity contribution in [2.24, 2.45) is 0 Å². The third-order valence-electron chi connectivity index (χ3n) is 13.3. The van der Waals surface area contributed by atoms with E-state index >= 15 is 0 Å². The monoisotopic (exact) mass is 1110 g/mol. The van der Waals surface area contributed by atoms with Crippen LogP contribution in [0.2, 0.25) is 0 Å². The Bertz CT molecular complexity index is 1630. The van der Waals surface area contributed by atoms with E-state index in [4.69, 9.17) is 23.3 Å². The second-order valence-corrected chi connectivity index (χ2v) is 22.3. The molecule has 12 heteroatoms. The number of phosphoric ester groups is 1. The van der Waals surface area contributed by atoms with E-state index in [2.05, 4.69) is 93.7 Å². The molecule has 0 saturated carbocycles. The molecule has 0 aliphatic heterocycles. The van der Waals surface area contributed by atoms with Gasteiger partial charge in [-0.2, -0.15) is 0 Å². The second kappa shape index (κ2) is 59.8. The highest BCUT2D eigenvalue weighted by Gasteiger charge is 2.28. The van der Waals surface area contributed by atoms with Crippen LogP contribution in [-0.4, -0.2) is 66.5 Å². The van der Waals surface area contributed by atoms with E-state index < -0.39 is 57.8 Å². The van der Waals surface area contributed by atoms with E-state index in [0.29, 0.717) is 19.3 Å². The maximum absolute atomic E-state index is 13.0. The Labute approximate surface area is 477 Å². The lowest BCUT2D eigenvalue weighted by Gasteiger charge is -2.21.